The number of ether oxygens (including phenoxy) is 1. The Morgan fingerprint density at radius 3 is 3.07 bits per heavy atom. The van der Waals surface area contributed by atoms with Crippen molar-refractivity contribution in [3.8, 4) is 0 Å². The van der Waals surface area contributed by atoms with Crippen LogP contribution in [0.25, 0.3) is 0 Å². The number of aliphatic hydroxyl groups is 1. The summed E-state index contributed by atoms with van der Waals surface area (Å²) < 4.78 is 5.86. The third kappa shape index (κ3) is 2.30. The molecule has 80 valence electrons. The van der Waals surface area contributed by atoms with Gasteiger partial charge in [-0.2, -0.15) is 0 Å². The number of rotatable bonds is 4. The maximum atomic E-state index is 9.23. The number of hydrogen-bond donors (Lipinski definition) is 1. The van der Waals surface area contributed by atoms with Gasteiger partial charge in [0.05, 0.1) is 18.0 Å². The van der Waals surface area contributed by atoms with Crippen LogP contribution in [0, 0.1) is 11.8 Å². The van der Waals surface area contributed by atoms with E-state index in [0.717, 1.165) is 18.3 Å². The molecule has 0 bridgehead atoms. The lowest BCUT2D eigenvalue weighted by Crippen LogP contribution is -2.16. The molecule has 4 atom stereocenters. The van der Waals surface area contributed by atoms with E-state index in [1.807, 2.05) is 13.8 Å². The largest absolute Gasteiger partial charge is 0.495 e. The van der Waals surface area contributed by atoms with Gasteiger partial charge in [0.25, 0.3) is 0 Å². The highest BCUT2D eigenvalue weighted by Gasteiger charge is 2.42. The summed E-state index contributed by atoms with van der Waals surface area (Å²) in [4.78, 5) is 0. The lowest BCUT2D eigenvalue weighted by Gasteiger charge is -2.20. The van der Waals surface area contributed by atoms with Gasteiger partial charge in [-0.3, -0.25) is 0 Å². The molecule has 0 aromatic heterocycles. The zero-order chi connectivity index (χ0) is 10.1. The van der Waals surface area contributed by atoms with Gasteiger partial charge in [-0.1, -0.05) is 0 Å². The van der Waals surface area contributed by atoms with Gasteiger partial charge in [-0.05, 0) is 45.1 Å². The average molecular weight is 196 g/mol. The van der Waals surface area contributed by atoms with Gasteiger partial charge in [-0.25, -0.2) is 0 Å². The second-order valence-electron chi connectivity index (χ2n) is 4.80. The third-order valence-corrected chi connectivity index (χ3v) is 3.18. The van der Waals surface area contributed by atoms with Gasteiger partial charge in [0.1, 0.15) is 0 Å². The van der Waals surface area contributed by atoms with Crippen molar-refractivity contribution < 1.29 is 9.84 Å². The van der Waals surface area contributed by atoms with Gasteiger partial charge >= 0.3 is 0 Å². The van der Waals surface area contributed by atoms with E-state index in [0.29, 0.717) is 0 Å². The summed E-state index contributed by atoms with van der Waals surface area (Å²) in [5, 5.41) is 9.23. The molecule has 1 fully saturated rings. The van der Waals surface area contributed by atoms with E-state index in [1.165, 1.54) is 25.0 Å². The Bertz CT molecular complexity index is 232. The quantitative estimate of drug-likeness (QED) is 0.748. The smallest absolute Gasteiger partial charge is 0.0979 e. The Morgan fingerprint density at radius 2 is 2.36 bits per heavy atom. The number of allylic oxidation sites excluding steroid dienone is 2. The molecule has 1 saturated carbocycles. The fraction of sp³-hybridized carbons (Fsp3) is 0.833. The Labute approximate surface area is 86.0 Å². The highest BCUT2D eigenvalue weighted by molar-refractivity contribution is 5.14. The Morgan fingerprint density at radius 1 is 1.57 bits per heavy atom. The molecule has 1 unspecified atom stereocenters. The first-order chi connectivity index (χ1) is 6.66. The summed E-state index contributed by atoms with van der Waals surface area (Å²) in [5.74, 6) is 2.84. The Hall–Kier alpha value is -0.500. The lowest BCUT2D eigenvalue weighted by molar-refractivity contribution is 0.0629. The molecule has 2 nitrogen and oxygen atoms in total. The third-order valence-electron chi connectivity index (χ3n) is 3.18. The van der Waals surface area contributed by atoms with Crippen LogP contribution < -0.4 is 0 Å². The van der Waals surface area contributed by atoms with Crippen LogP contribution in [0.1, 0.15) is 39.5 Å². The molecule has 2 aliphatic carbocycles. The molecular formula is C12H20O2. The van der Waals surface area contributed by atoms with Gasteiger partial charge < -0.3 is 9.84 Å². The summed E-state index contributed by atoms with van der Waals surface area (Å²) in [5.41, 5.74) is 0. The van der Waals surface area contributed by atoms with Gasteiger partial charge in [-0.15, -0.1) is 0 Å². The van der Waals surface area contributed by atoms with Crippen molar-refractivity contribution in [3.63, 3.8) is 0 Å². The molecule has 2 aliphatic rings. The van der Waals surface area contributed by atoms with Crippen molar-refractivity contribution in [1.82, 2.24) is 0 Å². The minimum atomic E-state index is -0.260. The van der Waals surface area contributed by atoms with E-state index in [1.54, 1.807) is 0 Å². The second-order valence-corrected chi connectivity index (χ2v) is 4.80. The summed E-state index contributed by atoms with van der Waals surface area (Å²) in [6.45, 7) is 3.86. The van der Waals surface area contributed by atoms with Gasteiger partial charge in [0, 0.05) is 12.3 Å². The van der Waals surface area contributed by atoms with Crippen LogP contribution in [0.5, 0.6) is 0 Å². The fourth-order valence-corrected chi connectivity index (χ4v) is 2.40. The number of hydrogen-bond acceptors (Lipinski definition) is 2. The van der Waals surface area contributed by atoms with Crippen molar-refractivity contribution in [2.45, 2.75) is 51.7 Å². The van der Waals surface area contributed by atoms with E-state index in [4.69, 9.17) is 4.74 Å². The fourth-order valence-electron chi connectivity index (χ4n) is 2.40. The molecule has 0 aliphatic heterocycles. The molecule has 2 heteroatoms. The minimum Gasteiger partial charge on any atom is -0.495 e. The predicted octanol–water partition coefficient (Wildman–Crippen LogP) is 2.48. The van der Waals surface area contributed by atoms with E-state index in [2.05, 4.69) is 6.08 Å². The van der Waals surface area contributed by atoms with Crippen LogP contribution in [0.15, 0.2) is 11.8 Å². The number of aliphatic hydroxyl groups excluding tert-OH is 1. The second kappa shape index (κ2) is 3.93. The van der Waals surface area contributed by atoms with Crippen LogP contribution in [0.4, 0.5) is 0 Å². The molecule has 2 rings (SSSR count). The van der Waals surface area contributed by atoms with Crippen molar-refractivity contribution in [1.29, 1.82) is 0 Å². The molecule has 14 heavy (non-hydrogen) atoms. The Balaban J connectivity index is 1.81. The molecule has 0 saturated heterocycles. The van der Waals surface area contributed by atoms with Crippen molar-refractivity contribution in [2.24, 2.45) is 11.8 Å². The summed E-state index contributed by atoms with van der Waals surface area (Å²) >= 11 is 0. The first-order valence-corrected chi connectivity index (χ1v) is 5.71. The maximum Gasteiger partial charge on any atom is 0.0979 e. The molecule has 0 heterocycles. The first-order valence-electron chi connectivity index (χ1n) is 5.71. The van der Waals surface area contributed by atoms with Crippen LogP contribution in [0.3, 0.4) is 0 Å². The predicted molar refractivity (Wildman–Crippen MR) is 55.8 cm³/mol. The van der Waals surface area contributed by atoms with E-state index in [9.17, 15) is 5.11 Å². The standard InChI is InChI=1S/C12H20O2/c1-8(13)6-9(2)14-12-5-3-4-10-7-11(10)12/h5,8-11,13H,3-4,6-7H2,1-2H3/t8?,9-,10-,11+/m1/s1. The highest BCUT2D eigenvalue weighted by Crippen LogP contribution is 2.50. The molecule has 0 spiro atoms. The van der Waals surface area contributed by atoms with Crippen molar-refractivity contribution >= 4 is 0 Å². The summed E-state index contributed by atoms with van der Waals surface area (Å²) in [7, 11) is 0. The molecule has 0 aromatic carbocycles. The molecule has 0 radical (unpaired) electrons. The first kappa shape index (κ1) is 10.0. The monoisotopic (exact) mass is 196 g/mol. The van der Waals surface area contributed by atoms with E-state index in [-0.39, 0.29) is 12.2 Å². The lowest BCUT2D eigenvalue weighted by atomic mass is 10.1. The summed E-state index contributed by atoms with van der Waals surface area (Å²) in [6.07, 6.45) is 6.72. The van der Waals surface area contributed by atoms with Gasteiger partial charge in [0.2, 0.25) is 0 Å². The minimum absolute atomic E-state index is 0.153. The van der Waals surface area contributed by atoms with E-state index >= 15 is 0 Å². The summed E-state index contributed by atoms with van der Waals surface area (Å²) in [6, 6.07) is 0. The van der Waals surface area contributed by atoms with Crippen molar-refractivity contribution in [3.05, 3.63) is 11.8 Å². The zero-order valence-electron chi connectivity index (χ0n) is 9.07. The van der Waals surface area contributed by atoms with Crippen LogP contribution in [0.2, 0.25) is 0 Å². The maximum absolute atomic E-state index is 9.23. The average Bonchev–Trinajstić information content (AvgIpc) is 2.81. The number of fused-ring (bicyclic) bond motifs is 1. The van der Waals surface area contributed by atoms with Crippen molar-refractivity contribution in [2.75, 3.05) is 0 Å². The van der Waals surface area contributed by atoms with Crippen LogP contribution >= 0.6 is 0 Å². The van der Waals surface area contributed by atoms with Crippen LogP contribution in [-0.2, 0) is 4.74 Å². The normalized spacial score (nSPS) is 34.1. The molecule has 0 amide bonds. The van der Waals surface area contributed by atoms with E-state index < -0.39 is 0 Å². The van der Waals surface area contributed by atoms with Crippen LogP contribution in [-0.4, -0.2) is 17.3 Å². The molecular weight excluding hydrogens is 176 g/mol. The molecule has 1 N–H and O–H groups in total. The molecule has 0 aromatic rings. The SMILES string of the molecule is CC(O)C[C@@H](C)OC1=CCC[C@@H]2C[C@H]12. The van der Waals surface area contributed by atoms with Gasteiger partial charge in [0.15, 0.2) is 0 Å². The highest BCUT2D eigenvalue weighted by atomic mass is 16.5. The topological polar surface area (TPSA) is 29.5 Å². The Kier molecular flexibility index (Phi) is 2.82. The zero-order valence-corrected chi connectivity index (χ0v) is 9.07.